The summed E-state index contributed by atoms with van der Waals surface area (Å²) in [6.45, 7) is 0.00952. The van der Waals surface area contributed by atoms with Crippen LogP contribution in [0.5, 0.6) is 0 Å². The molecule has 0 aliphatic heterocycles. The van der Waals surface area contributed by atoms with Gasteiger partial charge in [-0.15, -0.1) is 0 Å². The first kappa shape index (κ1) is 34.6. The maximum absolute atomic E-state index is 15.0. The standard InChI is InChI=1S/C32H26F9N5O2/c1-15(47)22-11-17(3-4-24(22)35)23-13-43-30(42-2)44-26(23)18(7-16-8-19(33)12-20(34)9-16)10-21(48)14-46-28-25(27(45-46)29(36)37)31(38,39)5-6-32(28,40)41/h3-4,8-9,11-13,18,29H,5-7,10,14H2,1-2H3,(H,42,43,44)/t18-/m1/s1. The molecule has 0 spiro atoms. The van der Waals surface area contributed by atoms with Gasteiger partial charge in [-0.3, -0.25) is 14.3 Å². The Morgan fingerprint density at radius 3 is 2.25 bits per heavy atom. The molecule has 4 aromatic rings. The molecule has 0 fully saturated rings. The van der Waals surface area contributed by atoms with E-state index in [0.717, 1.165) is 25.1 Å². The van der Waals surface area contributed by atoms with Crippen LogP contribution in [-0.2, 0) is 29.6 Å². The minimum Gasteiger partial charge on any atom is -0.357 e. The lowest BCUT2D eigenvalue weighted by Crippen LogP contribution is -2.33. The molecule has 254 valence electrons. The fraction of sp³-hybridized carbons (Fsp3) is 0.344. The summed E-state index contributed by atoms with van der Waals surface area (Å²) in [5.74, 6) is -13.5. The van der Waals surface area contributed by atoms with Crippen molar-refractivity contribution in [3.05, 3.63) is 93.8 Å². The number of nitrogens with zero attached hydrogens (tertiary/aromatic N) is 4. The molecule has 0 saturated heterocycles. The highest BCUT2D eigenvalue weighted by molar-refractivity contribution is 5.95. The molecule has 0 bridgehead atoms. The molecular weight excluding hydrogens is 657 g/mol. The summed E-state index contributed by atoms with van der Waals surface area (Å²) >= 11 is 0. The number of hydrogen-bond acceptors (Lipinski definition) is 6. The number of ketones is 2. The fourth-order valence-corrected chi connectivity index (χ4v) is 5.83. The van der Waals surface area contributed by atoms with Crippen LogP contribution in [0.2, 0.25) is 0 Å². The molecule has 16 heteroatoms. The van der Waals surface area contributed by atoms with Crippen LogP contribution in [-0.4, -0.2) is 38.4 Å². The number of Topliss-reactive ketones (excluding diaryl/α,β-unsaturated/α-hetero) is 2. The van der Waals surface area contributed by atoms with Crippen molar-refractivity contribution in [1.29, 1.82) is 0 Å². The van der Waals surface area contributed by atoms with Crippen LogP contribution in [0.3, 0.4) is 0 Å². The minimum atomic E-state index is -4.05. The van der Waals surface area contributed by atoms with Gasteiger partial charge in [-0.25, -0.2) is 40.7 Å². The summed E-state index contributed by atoms with van der Waals surface area (Å²) in [4.78, 5) is 34.2. The van der Waals surface area contributed by atoms with E-state index in [1.807, 2.05) is 0 Å². The van der Waals surface area contributed by atoms with Crippen LogP contribution in [0.1, 0.15) is 77.1 Å². The molecule has 2 aromatic carbocycles. The van der Waals surface area contributed by atoms with Crippen molar-refractivity contribution in [2.24, 2.45) is 0 Å². The quantitative estimate of drug-likeness (QED) is 0.128. The first-order valence-electron chi connectivity index (χ1n) is 14.5. The van der Waals surface area contributed by atoms with Gasteiger partial charge in [0.25, 0.3) is 18.3 Å². The van der Waals surface area contributed by atoms with E-state index in [2.05, 4.69) is 20.4 Å². The highest BCUT2D eigenvalue weighted by atomic mass is 19.3. The molecule has 5 rings (SSSR count). The number of alkyl halides is 6. The van der Waals surface area contributed by atoms with Gasteiger partial charge in [-0.05, 0) is 48.7 Å². The van der Waals surface area contributed by atoms with E-state index < -0.39 is 96.0 Å². The van der Waals surface area contributed by atoms with Crippen LogP contribution in [0.4, 0.5) is 45.5 Å². The van der Waals surface area contributed by atoms with Crippen LogP contribution >= 0.6 is 0 Å². The molecular formula is C32H26F9N5O2. The summed E-state index contributed by atoms with van der Waals surface area (Å²) in [6.07, 6.45) is -6.09. The average molecular weight is 684 g/mol. The van der Waals surface area contributed by atoms with Gasteiger partial charge in [0.1, 0.15) is 35.4 Å². The zero-order chi connectivity index (χ0) is 35.1. The van der Waals surface area contributed by atoms with Gasteiger partial charge in [-0.1, -0.05) is 6.07 Å². The molecule has 7 nitrogen and oxygen atoms in total. The first-order chi connectivity index (χ1) is 22.5. The van der Waals surface area contributed by atoms with Crippen molar-refractivity contribution in [2.75, 3.05) is 12.4 Å². The number of carbonyl (C=O) groups excluding carboxylic acids is 2. The molecule has 1 atom stereocenters. The predicted molar refractivity (Wildman–Crippen MR) is 154 cm³/mol. The van der Waals surface area contributed by atoms with Crippen molar-refractivity contribution in [1.82, 2.24) is 19.7 Å². The maximum Gasteiger partial charge on any atom is 0.290 e. The molecule has 0 unspecified atom stereocenters. The van der Waals surface area contributed by atoms with Gasteiger partial charge in [0.15, 0.2) is 11.6 Å². The number of hydrogen-bond donors (Lipinski definition) is 1. The van der Waals surface area contributed by atoms with Crippen LogP contribution in [0.15, 0.2) is 42.6 Å². The highest BCUT2D eigenvalue weighted by Gasteiger charge is 2.55. The Bertz CT molecular complexity index is 1870. The Morgan fingerprint density at radius 2 is 1.62 bits per heavy atom. The normalized spacial score (nSPS) is 15.7. The lowest BCUT2D eigenvalue weighted by molar-refractivity contribution is -0.121. The van der Waals surface area contributed by atoms with Gasteiger partial charge >= 0.3 is 0 Å². The van der Waals surface area contributed by atoms with E-state index >= 15 is 0 Å². The average Bonchev–Trinajstić information content (AvgIpc) is 3.40. The number of nitrogens with one attached hydrogen (secondary N) is 1. The fourth-order valence-electron chi connectivity index (χ4n) is 5.83. The van der Waals surface area contributed by atoms with Crippen LogP contribution in [0.25, 0.3) is 11.1 Å². The maximum atomic E-state index is 15.0. The minimum absolute atomic E-state index is 0.00937. The van der Waals surface area contributed by atoms with Gasteiger partial charge in [0, 0.05) is 50.1 Å². The zero-order valence-electron chi connectivity index (χ0n) is 25.2. The molecule has 0 saturated carbocycles. The molecule has 2 heterocycles. The van der Waals surface area contributed by atoms with Crippen molar-refractivity contribution < 1.29 is 49.1 Å². The lowest BCUT2D eigenvalue weighted by Gasteiger charge is -2.29. The number of fused-ring (bicyclic) bond motifs is 1. The molecule has 1 N–H and O–H groups in total. The van der Waals surface area contributed by atoms with E-state index in [4.69, 9.17) is 0 Å². The molecule has 0 radical (unpaired) electrons. The van der Waals surface area contributed by atoms with Crippen molar-refractivity contribution in [2.45, 2.75) is 63.3 Å². The van der Waals surface area contributed by atoms with Crippen molar-refractivity contribution >= 4 is 17.5 Å². The highest BCUT2D eigenvalue weighted by Crippen LogP contribution is 2.52. The monoisotopic (exact) mass is 683 g/mol. The van der Waals surface area contributed by atoms with Crippen molar-refractivity contribution in [3.8, 4) is 11.1 Å². The van der Waals surface area contributed by atoms with Crippen LogP contribution in [0, 0.1) is 17.5 Å². The smallest absolute Gasteiger partial charge is 0.290 e. The SMILES string of the molecule is CNc1ncc(-c2ccc(F)c(C(C)=O)c2)c([C@@H](CC(=O)Cn2nc(C(F)F)c3c2C(F)(F)CCC3(F)F)Cc2cc(F)cc(F)c2)n1. The summed E-state index contributed by atoms with van der Waals surface area (Å²) in [7, 11) is 1.46. The molecule has 48 heavy (non-hydrogen) atoms. The Balaban J connectivity index is 1.61. The molecule has 0 amide bonds. The zero-order valence-corrected chi connectivity index (χ0v) is 25.2. The van der Waals surface area contributed by atoms with E-state index in [-0.39, 0.29) is 45.0 Å². The van der Waals surface area contributed by atoms with Crippen LogP contribution < -0.4 is 5.32 Å². The Kier molecular flexibility index (Phi) is 9.39. The Morgan fingerprint density at radius 1 is 0.958 bits per heavy atom. The summed E-state index contributed by atoms with van der Waals surface area (Å²) in [5.41, 5.74) is -4.51. The molecule has 1 aliphatic carbocycles. The van der Waals surface area contributed by atoms with Gasteiger partial charge in [0.2, 0.25) is 5.95 Å². The third-order valence-corrected chi connectivity index (χ3v) is 7.94. The second-order valence-corrected chi connectivity index (χ2v) is 11.4. The number of rotatable bonds is 11. The van der Waals surface area contributed by atoms with Gasteiger partial charge < -0.3 is 5.32 Å². The van der Waals surface area contributed by atoms with E-state index in [1.165, 1.54) is 25.4 Å². The van der Waals surface area contributed by atoms with E-state index in [0.29, 0.717) is 6.07 Å². The molecule has 2 aromatic heterocycles. The second kappa shape index (κ2) is 13.0. The molecule has 1 aliphatic rings. The Labute approximate surface area is 267 Å². The number of carbonyl (C=O) groups is 2. The summed E-state index contributed by atoms with van der Waals surface area (Å²) < 4.78 is 130. The van der Waals surface area contributed by atoms with Gasteiger partial charge in [0.05, 0.1) is 16.8 Å². The predicted octanol–water partition coefficient (Wildman–Crippen LogP) is 7.90. The number of benzene rings is 2. The largest absolute Gasteiger partial charge is 0.357 e. The van der Waals surface area contributed by atoms with Crippen molar-refractivity contribution in [3.63, 3.8) is 0 Å². The summed E-state index contributed by atoms with van der Waals surface area (Å²) in [6, 6.07) is 6.10. The first-order valence-corrected chi connectivity index (χ1v) is 14.5. The number of halogens is 9. The number of aromatic nitrogens is 4. The topological polar surface area (TPSA) is 89.8 Å². The second-order valence-electron chi connectivity index (χ2n) is 11.4. The lowest BCUT2D eigenvalue weighted by atomic mass is 9.86. The third kappa shape index (κ3) is 6.92. The summed E-state index contributed by atoms with van der Waals surface area (Å²) in [5, 5.41) is 6.02. The number of anilines is 1. The third-order valence-electron chi connectivity index (χ3n) is 7.94. The van der Waals surface area contributed by atoms with Gasteiger partial charge in [-0.2, -0.15) is 13.9 Å². The van der Waals surface area contributed by atoms with E-state index in [9.17, 15) is 49.1 Å². The van der Waals surface area contributed by atoms with E-state index in [1.54, 1.807) is 0 Å². The Hall–Kier alpha value is -4.76.